The van der Waals surface area contributed by atoms with Crippen molar-refractivity contribution < 1.29 is 14.7 Å². The number of likely N-dealkylation sites (N-methyl/N-ethyl adjacent to an activating group) is 1. The standard InChI is InChI=1S/C22H26ClN3O3S/c1-25-8-6-14-2-3-16(10-15(14)7-9-25)22(29)26-12-17(11-18(26)13-27)24-21(28)19-4-5-20(23)30-19/h2-5,10,17-18,27H,6-9,11-13H2,1H3,(H,24,28). The summed E-state index contributed by atoms with van der Waals surface area (Å²) < 4.78 is 0.561. The van der Waals surface area contributed by atoms with E-state index in [0.717, 1.165) is 25.9 Å². The van der Waals surface area contributed by atoms with E-state index in [9.17, 15) is 14.7 Å². The van der Waals surface area contributed by atoms with Crippen LogP contribution in [-0.4, -0.2) is 72.1 Å². The molecule has 3 heterocycles. The molecule has 1 aromatic carbocycles. The Morgan fingerprint density at radius 2 is 1.97 bits per heavy atom. The zero-order valence-electron chi connectivity index (χ0n) is 16.9. The number of amides is 2. The van der Waals surface area contributed by atoms with E-state index in [2.05, 4.69) is 23.3 Å². The fourth-order valence-electron chi connectivity index (χ4n) is 4.27. The number of thiophene rings is 1. The van der Waals surface area contributed by atoms with Crippen molar-refractivity contribution in [1.29, 1.82) is 0 Å². The Bertz CT molecular complexity index is 947. The maximum Gasteiger partial charge on any atom is 0.261 e. The second-order valence-corrected chi connectivity index (χ2v) is 9.81. The summed E-state index contributed by atoms with van der Waals surface area (Å²) in [6, 6.07) is 8.83. The van der Waals surface area contributed by atoms with Gasteiger partial charge in [-0.3, -0.25) is 9.59 Å². The van der Waals surface area contributed by atoms with Crippen LogP contribution in [0.2, 0.25) is 4.34 Å². The van der Waals surface area contributed by atoms with E-state index in [0.29, 0.717) is 27.7 Å². The summed E-state index contributed by atoms with van der Waals surface area (Å²) in [5.74, 6) is -0.289. The fourth-order valence-corrected chi connectivity index (χ4v) is 5.22. The molecule has 8 heteroatoms. The van der Waals surface area contributed by atoms with Gasteiger partial charge in [0.2, 0.25) is 0 Å². The highest BCUT2D eigenvalue weighted by Gasteiger charge is 2.36. The molecular formula is C22H26ClN3O3S. The predicted octanol–water partition coefficient (Wildman–Crippen LogP) is 2.44. The molecule has 160 valence electrons. The summed E-state index contributed by atoms with van der Waals surface area (Å²) in [6.45, 7) is 2.26. The zero-order chi connectivity index (χ0) is 21.3. The van der Waals surface area contributed by atoms with Crippen LogP contribution >= 0.6 is 22.9 Å². The molecule has 0 saturated carbocycles. The molecule has 30 heavy (non-hydrogen) atoms. The Hall–Kier alpha value is -1.93. The molecule has 2 atom stereocenters. The van der Waals surface area contributed by atoms with Crippen molar-refractivity contribution in [2.45, 2.75) is 31.3 Å². The van der Waals surface area contributed by atoms with E-state index in [1.54, 1.807) is 17.0 Å². The molecule has 0 spiro atoms. The molecule has 1 fully saturated rings. The van der Waals surface area contributed by atoms with Crippen LogP contribution in [0.1, 0.15) is 37.6 Å². The molecule has 1 aromatic heterocycles. The van der Waals surface area contributed by atoms with Crippen LogP contribution in [0.5, 0.6) is 0 Å². The number of aliphatic hydroxyl groups excluding tert-OH is 1. The van der Waals surface area contributed by atoms with Crippen molar-refractivity contribution in [2.75, 3.05) is 33.3 Å². The van der Waals surface area contributed by atoms with E-state index < -0.39 is 0 Å². The van der Waals surface area contributed by atoms with Gasteiger partial charge in [-0.2, -0.15) is 0 Å². The Balaban J connectivity index is 1.46. The third-order valence-electron chi connectivity index (χ3n) is 6.00. The first-order valence-corrected chi connectivity index (χ1v) is 11.4. The Labute approximate surface area is 185 Å². The largest absolute Gasteiger partial charge is 0.394 e. The van der Waals surface area contributed by atoms with Crippen molar-refractivity contribution in [2.24, 2.45) is 0 Å². The SMILES string of the molecule is CN1CCc2ccc(C(=O)N3CC(NC(=O)c4ccc(Cl)s4)CC3CO)cc2CC1. The molecule has 1 saturated heterocycles. The minimum absolute atomic E-state index is 0.0923. The van der Waals surface area contributed by atoms with Gasteiger partial charge in [-0.1, -0.05) is 17.7 Å². The van der Waals surface area contributed by atoms with Gasteiger partial charge in [0.15, 0.2) is 0 Å². The normalized spacial score (nSPS) is 21.9. The monoisotopic (exact) mass is 447 g/mol. The number of rotatable bonds is 4. The number of nitrogens with zero attached hydrogens (tertiary/aromatic N) is 2. The van der Waals surface area contributed by atoms with E-state index in [1.165, 1.54) is 22.5 Å². The van der Waals surface area contributed by atoms with Gasteiger partial charge in [0.1, 0.15) is 0 Å². The maximum atomic E-state index is 13.2. The van der Waals surface area contributed by atoms with Gasteiger partial charge in [-0.15, -0.1) is 11.3 Å². The van der Waals surface area contributed by atoms with Crippen molar-refractivity contribution in [3.05, 3.63) is 56.2 Å². The number of likely N-dealkylation sites (tertiary alicyclic amines) is 1. The van der Waals surface area contributed by atoms with Gasteiger partial charge in [0, 0.05) is 31.2 Å². The molecule has 2 unspecified atom stereocenters. The molecular weight excluding hydrogens is 422 g/mol. The minimum Gasteiger partial charge on any atom is -0.394 e. The van der Waals surface area contributed by atoms with E-state index in [-0.39, 0.29) is 30.5 Å². The first-order chi connectivity index (χ1) is 14.4. The second-order valence-electron chi connectivity index (χ2n) is 8.09. The number of nitrogens with one attached hydrogen (secondary N) is 1. The van der Waals surface area contributed by atoms with E-state index in [1.807, 2.05) is 12.1 Å². The van der Waals surface area contributed by atoms with Crippen molar-refractivity contribution in [3.63, 3.8) is 0 Å². The highest BCUT2D eigenvalue weighted by atomic mass is 35.5. The number of aliphatic hydroxyl groups is 1. The van der Waals surface area contributed by atoms with Crippen LogP contribution in [0, 0.1) is 0 Å². The molecule has 2 aliphatic heterocycles. The number of halogens is 1. The lowest BCUT2D eigenvalue weighted by Crippen LogP contribution is -2.40. The topological polar surface area (TPSA) is 72.9 Å². The molecule has 2 aromatic rings. The lowest BCUT2D eigenvalue weighted by Gasteiger charge is -2.23. The molecule has 0 bridgehead atoms. The molecule has 2 aliphatic rings. The highest BCUT2D eigenvalue weighted by molar-refractivity contribution is 7.18. The lowest BCUT2D eigenvalue weighted by atomic mass is 9.99. The summed E-state index contributed by atoms with van der Waals surface area (Å²) in [5.41, 5.74) is 3.17. The van der Waals surface area contributed by atoms with Gasteiger partial charge < -0.3 is 20.2 Å². The van der Waals surface area contributed by atoms with Crippen LogP contribution < -0.4 is 5.32 Å². The van der Waals surface area contributed by atoms with Crippen LogP contribution in [0.25, 0.3) is 0 Å². The quantitative estimate of drug-likeness (QED) is 0.755. The number of carbonyl (C=O) groups is 2. The summed E-state index contributed by atoms with van der Waals surface area (Å²) in [6.07, 6.45) is 2.45. The first-order valence-electron chi connectivity index (χ1n) is 10.2. The molecule has 4 rings (SSSR count). The van der Waals surface area contributed by atoms with Crippen LogP contribution in [0.4, 0.5) is 0 Å². The van der Waals surface area contributed by atoms with E-state index >= 15 is 0 Å². The predicted molar refractivity (Wildman–Crippen MR) is 118 cm³/mol. The summed E-state index contributed by atoms with van der Waals surface area (Å²) >= 11 is 7.14. The van der Waals surface area contributed by atoms with Crippen LogP contribution in [0.15, 0.2) is 30.3 Å². The number of hydrogen-bond acceptors (Lipinski definition) is 5. The number of fused-ring (bicyclic) bond motifs is 1. The lowest BCUT2D eigenvalue weighted by molar-refractivity contribution is 0.0674. The summed E-state index contributed by atoms with van der Waals surface area (Å²) in [5, 5.41) is 12.8. The molecule has 2 N–H and O–H groups in total. The third-order valence-corrected chi connectivity index (χ3v) is 7.23. The summed E-state index contributed by atoms with van der Waals surface area (Å²) in [7, 11) is 2.12. The Morgan fingerprint density at radius 3 is 2.67 bits per heavy atom. The van der Waals surface area contributed by atoms with Crippen molar-refractivity contribution in [1.82, 2.24) is 15.1 Å². The molecule has 6 nitrogen and oxygen atoms in total. The zero-order valence-corrected chi connectivity index (χ0v) is 18.5. The van der Waals surface area contributed by atoms with Crippen LogP contribution in [-0.2, 0) is 12.8 Å². The van der Waals surface area contributed by atoms with Crippen molar-refractivity contribution in [3.8, 4) is 0 Å². The minimum atomic E-state index is -0.306. The van der Waals surface area contributed by atoms with Gasteiger partial charge >= 0.3 is 0 Å². The van der Waals surface area contributed by atoms with Gasteiger partial charge in [0.05, 0.1) is 21.9 Å². The molecule has 0 aliphatic carbocycles. The average molecular weight is 448 g/mol. The maximum absolute atomic E-state index is 13.2. The number of benzene rings is 1. The third kappa shape index (κ3) is 4.54. The number of hydrogen-bond donors (Lipinski definition) is 2. The number of carbonyl (C=O) groups excluding carboxylic acids is 2. The van der Waals surface area contributed by atoms with Gasteiger partial charge in [-0.05, 0) is 61.7 Å². The second kappa shape index (κ2) is 9.06. The Kier molecular flexibility index (Phi) is 6.43. The smallest absolute Gasteiger partial charge is 0.261 e. The summed E-state index contributed by atoms with van der Waals surface area (Å²) in [4.78, 5) is 30.2. The van der Waals surface area contributed by atoms with Crippen molar-refractivity contribution >= 4 is 34.8 Å². The molecule has 2 amide bonds. The van der Waals surface area contributed by atoms with Crippen LogP contribution in [0.3, 0.4) is 0 Å². The highest BCUT2D eigenvalue weighted by Crippen LogP contribution is 2.25. The molecule has 0 radical (unpaired) electrons. The Morgan fingerprint density at radius 1 is 1.20 bits per heavy atom. The average Bonchev–Trinajstić information content (AvgIpc) is 3.31. The van der Waals surface area contributed by atoms with Gasteiger partial charge in [0.25, 0.3) is 11.8 Å². The van der Waals surface area contributed by atoms with Gasteiger partial charge in [-0.25, -0.2) is 0 Å². The van der Waals surface area contributed by atoms with E-state index in [4.69, 9.17) is 11.6 Å². The fraction of sp³-hybridized carbons (Fsp3) is 0.455. The first kappa shape index (κ1) is 21.3.